The molecule has 0 spiro atoms. The van der Waals surface area contributed by atoms with Crippen LogP contribution in [0.15, 0.2) is 18.2 Å². The smallest absolute Gasteiger partial charge is 0.314 e. The average molecular weight is 379 g/mol. The van der Waals surface area contributed by atoms with Gasteiger partial charge in [-0.25, -0.2) is 8.78 Å². The lowest BCUT2D eigenvalue weighted by Crippen LogP contribution is -2.45. The van der Waals surface area contributed by atoms with Crippen molar-refractivity contribution in [2.45, 2.75) is 25.1 Å². The van der Waals surface area contributed by atoms with Crippen molar-refractivity contribution in [3.8, 4) is 0 Å². The predicted molar refractivity (Wildman–Crippen MR) is 81.5 cm³/mol. The van der Waals surface area contributed by atoms with Gasteiger partial charge >= 0.3 is 6.18 Å². The van der Waals surface area contributed by atoms with Gasteiger partial charge in [-0.3, -0.25) is 4.90 Å². The Morgan fingerprint density at radius 3 is 2.30 bits per heavy atom. The zero-order valence-corrected chi connectivity index (χ0v) is 13.6. The van der Waals surface area contributed by atoms with Crippen LogP contribution < -0.4 is 5.32 Å². The van der Waals surface area contributed by atoms with Crippen molar-refractivity contribution >= 4 is 24.0 Å². The minimum atomic E-state index is -4.61. The van der Waals surface area contributed by atoms with Crippen molar-refractivity contribution in [2.75, 3.05) is 26.2 Å². The highest BCUT2D eigenvalue weighted by Gasteiger charge is 2.35. The number of nitrogens with zero attached hydrogens (tertiary/aromatic N) is 1. The number of piperazine rings is 1. The summed E-state index contributed by atoms with van der Waals surface area (Å²) in [6.45, 7) is 2.28. The van der Waals surface area contributed by atoms with Gasteiger partial charge in [-0.1, -0.05) is 17.7 Å². The fourth-order valence-corrected chi connectivity index (χ4v) is 2.85. The first-order valence-electron chi connectivity index (χ1n) is 6.88. The van der Waals surface area contributed by atoms with Crippen molar-refractivity contribution in [1.29, 1.82) is 0 Å². The van der Waals surface area contributed by atoms with Crippen LogP contribution in [0, 0.1) is 0 Å². The first-order valence-corrected chi connectivity index (χ1v) is 7.26. The monoisotopic (exact) mass is 378 g/mol. The summed E-state index contributed by atoms with van der Waals surface area (Å²) in [4.78, 5) is 1.78. The fourth-order valence-electron chi connectivity index (χ4n) is 2.63. The van der Waals surface area contributed by atoms with Crippen LogP contribution in [0.1, 0.15) is 23.6 Å². The fraction of sp³-hybridized carbons (Fsp3) is 0.571. The lowest BCUT2D eigenvalue weighted by Gasteiger charge is -2.35. The minimum Gasteiger partial charge on any atom is -0.314 e. The summed E-state index contributed by atoms with van der Waals surface area (Å²) in [5.74, 6) is 0. The van der Waals surface area contributed by atoms with Crippen molar-refractivity contribution in [1.82, 2.24) is 10.2 Å². The number of halogens is 7. The molecule has 9 heteroatoms. The van der Waals surface area contributed by atoms with Gasteiger partial charge in [0.2, 0.25) is 6.43 Å². The molecule has 23 heavy (non-hydrogen) atoms. The Hall–Kier alpha value is -0.630. The van der Waals surface area contributed by atoms with Crippen LogP contribution in [-0.4, -0.2) is 37.5 Å². The molecular weight excluding hydrogens is 362 g/mol. The summed E-state index contributed by atoms with van der Waals surface area (Å²) in [5.41, 5.74) is -0.764. The molecule has 0 bridgehead atoms. The number of hydrogen-bond donors (Lipinski definition) is 1. The molecule has 2 rings (SSSR count). The van der Waals surface area contributed by atoms with Crippen LogP contribution in [0.5, 0.6) is 0 Å². The minimum absolute atomic E-state index is 0. The molecule has 1 aromatic rings. The molecular formula is C14H17Cl2F5N2. The molecule has 0 amide bonds. The van der Waals surface area contributed by atoms with Gasteiger partial charge in [-0.15, -0.1) is 12.4 Å². The maximum atomic E-state index is 12.9. The highest BCUT2D eigenvalue weighted by Crippen LogP contribution is 2.38. The normalized spacial score (nSPS) is 17.9. The Labute approximate surface area is 142 Å². The van der Waals surface area contributed by atoms with Crippen molar-refractivity contribution < 1.29 is 22.0 Å². The molecule has 1 heterocycles. The number of nitrogens with one attached hydrogen (secondary N) is 1. The Balaban J connectivity index is 0.00000264. The van der Waals surface area contributed by atoms with Gasteiger partial charge in [0.15, 0.2) is 0 Å². The van der Waals surface area contributed by atoms with Gasteiger partial charge in [0.05, 0.1) is 10.6 Å². The van der Waals surface area contributed by atoms with Crippen LogP contribution in [0.3, 0.4) is 0 Å². The second-order valence-corrected chi connectivity index (χ2v) is 5.57. The van der Waals surface area contributed by atoms with Gasteiger partial charge in [-0.2, -0.15) is 13.2 Å². The number of benzene rings is 1. The molecule has 1 aliphatic heterocycles. The van der Waals surface area contributed by atoms with E-state index in [9.17, 15) is 22.0 Å². The molecule has 1 N–H and O–H groups in total. The molecule has 0 aliphatic carbocycles. The van der Waals surface area contributed by atoms with E-state index < -0.39 is 35.7 Å². The molecule has 0 aromatic heterocycles. The molecule has 1 atom stereocenters. The number of rotatable bonds is 4. The van der Waals surface area contributed by atoms with Crippen molar-refractivity contribution in [3.05, 3.63) is 34.3 Å². The van der Waals surface area contributed by atoms with Crippen molar-refractivity contribution in [2.24, 2.45) is 0 Å². The highest BCUT2D eigenvalue weighted by atomic mass is 35.5. The summed E-state index contributed by atoms with van der Waals surface area (Å²) in [7, 11) is 0. The summed E-state index contributed by atoms with van der Waals surface area (Å²) < 4.78 is 64.5. The maximum absolute atomic E-state index is 12.9. The third-order valence-electron chi connectivity index (χ3n) is 3.67. The molecule has 1 fully saturated rings. The molecule has 1 aromatic carbocycles. The quantitative estimate of drug-likeness (QED) is 0.782. The molecule has 0 unspecified atom stereocenters. The lowest BCUT2D eigenvalue weighted by atomic mass is 9.99. The Morgan fingerprint density at radius 2 is 1.78 bits per heavy atom. The van der Waals surface area contributed by atoms with E-state index in [1.807, 2.05) is 0 Å². The predicted octanol–water partition coefficient (Wildman–Crippen LogP) is 4.38. The van der Waals surface area contributed by atoms with Crippen molar-refractivity contribution in [3.63, 3.8) is 0 Å². The van der Waals surface area contributed by atoms with E-state index in [1.165, 1.54) is 6.07 Å². The van der Waals surface area contributed by atoms with E-state index in [0.717, 1.165) is 12.1 Å². The second kappa shape index (κ2) is 8.46. The average Bonchev–Trinajstić information content (AvgIpc) is 2.45. The molecule has 0 radical (unpaired) electrons. The zero-order chi connectivity index (χ0) is 16.3. The van der Waals surface area contributed by atoms with Gasteiger partial charge in [0.25, 0.3) is 0 Å². The van der Waals surface area contributed by atoms with Gasteiger partial charge in [0.1, 0.15) is 0 Å². The van der Waals surface area contributed by atoms with E-state index in [4.69, 9.17) is 11.6 Å². The SMILES string of the molecule is Cl.FC(F)C[C@H](c1ccc(Cl)c(C(F)(F)F)c1)N1CCNCC1. The molecule has 2 nitrogen and oxygen atoms in total. The number of alkyl halides is 5. The Kier molecular flexibility index (Phi) is 7.51. The summed E-state index contributed by atoms with van der Waals surface area (Å²) >= 11 is 5.59. The highest BCUT2D eigenvalue weighted by molar-refractivity contribution is 6.31. The van der Waals surface area contributed by atoms with Gasteiger partial charge in [0, 0.05) is 38.6 Å². The van der Waals surface area contributed by atoms with Crippen LogP contribution in [0.2, 0.25) is 5.02 Å². The third-order valence-corrected chi connectivity index (χ3v) is 4.00. The van der Waals surface area contributed by atoms with E-state index in [2.05, 4.69) is 5.32 Å². The van der Waals surface area contributed by atoms with E-state index in [1.54, 1.807) is 4.90 Å². The topological polar surface area (TPSA) is 15.3 Å². The van der Waals surface area contributed by atoms with E-state index >= 15 is 0 Å². The summed E-state index contributed by atoms with van der Waals surface area (Å²) in [6.07, 6.45) is -7.70. The van der Waals surface area contributed by atoms with Crippen LogP contribution in [0.4, 0.5) is 22.0 Å². The first kappa shape index (κ1) is 20.4. The standard InChI is InChI=1S/C14H16ClF5N2.ClH/c15-11-2-1-9(7-10(11)14(18,19)20)12(8-13(16)17)22-5-3-21-4-6-22;/h1-2,7,12-13,21H,3-6,8H2;1H/t12-;/m1./s1. The molecule has 1 saturated heterocycles. The summed E-state index contributed by atoms with van der Waals surface area (Å²) in [6, 6.07) is 2.66. The van der Waals surface area contributed by atoms with Gasteiger partial charge in [-0.05, 0) is 17.7 Å². The zero-order valence-electron chi connectivity index (χ0n) is 12.0. The molecule has 0 saturated carbocycles. The van der Waals surface area contributed by atoms with E-state index in [0.29, 0.717) is 26.2 Å². The maximum Gasteiger partial charge on any atom is 0.417 e. The van der Waals surface area contributed by atoms with E-state index in [-0.39, 0.29) is 18.0 Å². The lowest BCUT2D eigenvalue weighted by molar-refractivity contribution is -0.137. The van der Waals surface area contributed by atoms with Crippen LogP contribution in [0.25, 0.3) is 0 Å². The third kappa shape index (κ3) is 5.45. The Bertz CT molecular complexity index is 504. The summed E-state index contributed by atoms with van der Waals surface area (Å²) in [5, 5.41) is 2.67. The van der Waals surface area contributed by atoms with Crippen LogP contribution in [-0.2, 0) is 6.18 Å². The second-order valence-electron chi connectivity index (χ2n) is 5.17. The molecule has 1 aliphatic rings. The first-order chi connectivity index (χ1) is 10.3. The Morgan fingerprint density at radius 1 is 1.17 bits per heavy atom. The number of hydrogen-bond acceptors (Lipinski definition) is 2. The van der Waals surface area contributed by atoms with Crippen LogP contribution >= 0.6 is 24.0 Å². The van der Waals surface area contributed by atoms with Gasteiger partial charge < -0.3 is 5.32 Å². The largest absolute Gasteiger partial charge is 0.417 e. The molecule has 132 valence electrons.